The fraction of sp³-hybridized carbons (Fsp3) is 0.667. The summed E-state index contributed by atoms with van der Waals surface area (Å²) in [7, 11) is 1.78. The molecule has 0 aromatic heterocycles. The van der Waals surface area contributed by atoms with E-state index in [9.17, 15) is 4.39 Å². The Morgan fingerprint density at radius 2 is 2.00 bits per heavy atom. The second-order valence-corrected chi connectivity index (χ2v) is 7.83. The molecule has 3 rings (SSSR count). The molecule has 1 aromatic carbocycles. The summed E-state index contributed by atoms with van der Waals surface area (Å²) in [5, 5.41) is 6.93. The third-order valence-electron chi connectivity index (χ3n) is 6.06. The smallest absolute Gasteiger partial charge is 0.191 e. The standard InChI is InChI=1S/C21H33FN4O/c1-16-6-7-18(14-19(16)22)17(2)25-20(23-3)24-15-21(8-12-27-13-9-21)26-10-4-5-11-26/h6-7,14,17H,4-5,8-13,15H2,1-3H3,(H2,23,24,25). The van der Waals surface area contributed by atoms with Crippen LogP contribution in [-0.4, -0.2) is 56.3 Å². The minimum Gasteiger partial charge on any atom is -0.381 e. The molecule has 0 aliphatic carbocycles. The molecule has 27 heavy (non-hydrogen) atoms. The molecule has 2 heterocycles. The lowest BCUT2D eigenvalue weighted by molar-refractivity contribution is -0.0164. The summed E-state index contributed by atoms with van der Waals surface area (Å²) in [5.41, 5.74) is 1.73. The second kappa shape index (κ2) is 9.02. The van der Waals surface area contributed by atoms with E-state index in [1.165, 1.54) is 25.9 Å². The molecule has 1 aromatic rings. The maximum Gasteiger partial charge on any atom is 0.191 e. The molecule has 1 unspecified atom stereocenters. The lowest BCUT2D eigenvalue weighted by Gasteiger charge is -2.45. The number of nitrogens with one attached hydrogen (secondary N) is 2. The molecule has 1 atom stereocenters. The van der Waals surface area contributed by atoms with E-state index in [4.69, 9.17) is 4.74 Å². The molecular weight excluding hydrogens is 343 g/mol. The molecule has 0 bridgehead atoms. The van der Waals surface area contributed by atoms with Crippen molar-refractivity contribution in [1.82, 2.24) is 15.5 Å². The molecule has 2 aliphatic rings. The summed E-state index contributed by atoms with van der Waals surface area (Å²) in [6, 6.07) is 5.37. The summed E-state index contributed by atoms with van der Waals surface area (Å²) in [4.78, 5) is 7.02. The lowest BCUT2D eigenvalue weighted by atomic mass is 9.88. The number of nitrogens with zero attached hydrogens (tertiary/aromatic N) is 2. The van der Waals surface area contributed by atoms with E-state index in [-0.39, 0.29) is 17.4 Å². The molecule has 6 heteroatoms. The van der Waals surface area contributed by atoms with Gasteiger partial charge in [0, 0.05) is 32.3 Å². The average Bonchev–Trinajstić information content (AvgIpc) is 3.23. The Hall–Kier alpha value is -1.66. The third kappa shape index (κ3) is 4.79. The van der Waals surface area contributed by atoms with Gasteiger partial charge in [0.05, 0.1) is 6.04 Å². The van der Waals surface area contributed by atoms with E-state index in [1.807, 2.05) is 19.1 Å². The highest BCUT2D eigenvalue weighted by atomic mass is 19.1. The summed E-state index contributed by atoms with van der Waals surface area (Å²) in [6.45, 7) is 8.65. The Bertz CT molecular complexity index is 652. The fourth-order valence-electron chi connectivity index (χ4n) is 4.16. The van der Waals surface area contributed by atoms with Crippen molar-refractivity contribution < 1.29 is 9.13 Å². The van der Waals surface area contributed by atoms with Gasteiger partial charge in [-0.2, -0.15) is 0 Å². The molecule has 2 fully saturated rings. The Balaban J connectivity index is 1.62. The van der Waals surface area contributed by atoms with Crippen LogP contribution >= 0.6 is 0 Å². The van der Waals surface area contributed by atoms with Gasteiger partial charge in [0.25, 0.3) is 0 Å². The van der Waals surface area contributed by atoms with Gasteiger partial charge in [0.15, 0.2) is 5.96 Å². The van der Waals surface area contributed by atoms with Crippen LogP contribution in [0.2, 0.25) is 0 Å². The molecular formula is C21H33FN4O. The van der Waals surface area contributed by atoms with Crippen LogP contribution in [0.25, 0.3) is 0 Å². The van der Waals surface area contributed by atoms with Crippen LogP contribution in [0, 0.1) is 12.7 Å². The van der Waals surface area contributed by atoms with E-state index in [0.29, 0.717) is 5.56 Å². The third-order valence-corrected chi connectivity index (χ3v) is 6.06. The van der Waals surface area contributed by atoms with Crippen LogP contribution in [0.5, 0.6) is 0 Å². The van der Waals surface area contributed by atoms with Crippen LogP contribution in [0.15, 0.2) is 23.2 Å². The van der Waals surface area contributed by atoms with Crippen molar-refractivity contribution in [2.24, 2.45) is 4.99 Å². The Kier molecular flexibility index (Phi) is 6.71. The van der Waals surface area contributed by atoms with Crippen molar-refractivity contribution in [2.45, 2.75) is 51.1 Å². The van der Waals surface area contributed by atoms with Crippen molar-refractivity contribution in [2.75, 3.05) is 39.9 Å². The monoisotopic (exact) mass is 376 g/mol. The van der Waals surface area contributed by atoms with Gasteiger partial charge >= 0.3 is 0 Å². The number of ether oxygens (including phenoxy) is 1. The molecule has 0 spiro atoms. The molecule has 0 amide bonds. The van der Waals surface area contributed by atoms with E-state index in [0.717, 1.165) is 44.1 Å². The zero-order valence-electron chi connectivity index (χ0n) is 16.9. The highest BCUT2D eigenvalue weighted by molar-refractivity contribution is 5.80. The summed E-state index contributed by atoms with van der Waals surface area (Å²) >= 11 is 0. The van der Waals surface area contributed by atoms with Crippen molar-refractivity contribution in [3.63, 3.8) is 0 Å². The number of guanidine groups is 1. The Morgan fingerprint density at radius 3 is 2.63 bits per heavy atom. The summed E-state index contributed by atoms with van der Waals surface area (Å²) < 4.78 is 19.5. The highest BCUT2D eigenvalue weighted by Gasteiger charge is 2.39. The van der Waals surface area contributed by atoms with Crippen LogP contribution in [-0.2, 0) is 4.74 Å². The molecule has 2 saturated heterocycles. The van der Waals surface area contributed by atoms with Crippen molar-refractivity contribution in [1.29, 1.82) is 0 Å². The minimum atomic E-state index is -0.167. The SMILES string of the molecule is CN=C(NCC1(N2CCCC2)CCOCC1)NC(C)c1ccc(C)c(F)c1. The topological polar surface area (TPSA) is 48.9 Å². The second-order valence-electron chi connectivity index (χ2n) is 7.83. The van der Waals surface area contributed by atoms with Gasteiger partial charge in [-0.05, 0) is 69.8 Å². The first-order valence-corrected chi connectivity index (χ1v) is 10.1. The van der Waals surface area contributed by atoms with Crippen LogP contribution in [0.3, 0.4) is 0 Å². The largest absolute Gasteiger partial charge is 0.381 e. The van der Waals surface area contributed by atoms with Crippen LogP contribution < -0.4 is 10.6 Å². The molecule has 150 valence electrons. The van der Waals surface area contributed by atoms with Gasteiger partial charge in [-0.1, -0.05) is 12.1 Å². The van der Waals surface area contributed by atoms with E-state index in [2.05, 4.69) is 20.5 Å². The normalized spacial score (nSPS) is 21.9. The number of aliphatic imine (C=N–C) groups is 1. The van der Waals surface area contributed by atoms with Crippen LogP contribution in [0.4, 0.5) is 4.39 Å². The number of rotatable bonds is 5. The summed E-state index contributed by atoms with van der Waals surface area (Å²) in [5.74, 6) is 0.591. The first kappa shape index (κ1) is 20.1. The van der Waals surface area contributed by atoms with Gasteiger partial charge in [0.2, 0.25) is 0 Å². The van der Waals surface area contributed by atoms with Crippen molar-refractivity contribution >= 4 is 5.96 Å². The average molecular weight is 377 g/mol. The van der Waals surface area contributed by atoms with Crippen LogP contribution in [0.1, 0.15) is 49.8 Å². The molecule has 0 saturated carbocycles. The lowest BCUT2D eigenvalue weighted by Crippen LogP contribution is -2.58. The number of likely N-dealkylation sites (tertiary alicyclic amines) is 1. The number of benzene rings is 1. The van der Waals surface area contributed by atoms with Gasteiger partial charge in [-0.3, -0.25) is 9.89 Å². The number of hydrogen-bond donors (Lipinski definition) is 2. The van der Waals surface area contributed by atoms with Crippen molar-refractivity contribution in [3.8, 4) is 0 Å². The summed E-state index contributed by atoms with van der Waals surface area (Å²) in [6.07, 6.45) is 4.67. The number of halogens is 1. The fourth-order valence-corrected chi connectivity index (χ4v) is 4.16. The highest BCUT2D eigenvalue weighted by Crippen LogP contribution is 2.30. The molecule has 2 N–H and O–H groups in total. The number of hydrogen-bond acceptors (Lipinski definition) is 3. The van der Waals surface area contributed by atoms with E-state index < -0.39 is 0 Å². The zero-order valence-corrected chi connectivity index (χ0v) is 16.9. The zero-order chi connectivity index (χ0) is 19.3. The Morgan fingerprint density at radius 1 is 1.30 bits per heavy atom. The van der Waals surface area contributed by atoms with Gasteiger partial charge in [-0.15, -0.1) is 0 Å². The van der Waals surface area contributed by atoms with Gasteiger partial charge < -0.3 is 15.4 Å². The quantitative estimate of drug-likeness (QED) is 0.613. The molecule has 2 aliphatic heterocycles. The van der Waals surface area contributed by atoms with Gasteiger partial charge in [-0.25, -0.2) is 4.39 Å². The minimum absolute atomic E-state index is 0.0243. The van der Waals surface area contributed by atoms with E-state index in [1.54, 1.807) is 20.0 Å². The van der Waals surface area contributed by atoms with Crippen molar-refractivity contribution in [3.05, 3.63) is 35.1 Å². The number of aryl methyl sites for hydroxylation is 1. The molecule has 0 radical (unpaired) electrons. The Labute approximate surface area is 162 Å². The molecule has 5 nitrogen and oxygen atoms in total. The maximum atomic E-state index is 13.9. The first-order chi connectivity index (χ1) is 13.0. The van der Waals surface area contributed by atoms with Gasteiger partial charge in [0.1, 0.15) is 5.82 Å². The predicted molar refractivity (Wildman–Crippen MR) is 108 cm³/mol. The maximum absolute atomic E-state index is 13.9. The first-order valence-electron chi connectivity index (χ1n) is 10.1. The predicted octanol–water partition coefficient (Wildman–Crippen LogP) is 3.01. The van der Waals surface area contributed by atoms with E-state index >= 15 is 0 Å².